The molecule has 27 heavy (non-hydrogen) atoms. The maximum absolute atomic E-state index is 13.3. The third-order valence-corrected chi connectivity index (χ3v) is 4.67. The fourth-order valence-electron chi connectivity index (χ4n) is 3.16. The highest BCUT2D eigenvalue weighted by atomic mass is 35.5. The predicted molar refractivity (Wildman–Crippen MR) is 85.5 cm³/mol. The smallest absolute Gasteiger partial charge is 0.356 e. The summed E-state index contributed by atoms with van der Waals surface area (Å²) in [6, 6.07) is 1.28. The first-order valence-electron chi connectivity index (χ1n) is 7.66. The van der Waals surface area contributed by atoms with Crippen molar-refractivity contribution in [3.63, 3.8) is 0 Å². The van der Waals surface area contributed by atoms with Crippen molar-refractivity contribution in [3.05, 3.63) is 57.9 Å². The quantitative estimate of drug-likeness (QED) is 0.513. The lowest BCUT2D eigenvalue weighted by atomic mass is 9.90. The summed E-state index contributed by atoms with van der Waals surface area (Å²) in [5.74, 6) is 0. The number of carbonyl (C=O) groups excluding carboxylic acids is 1. The lowest BCUT2D eigenvalue weighted by Gasteiger charge is -2.37. The third-order valence-electron chi connectivity index (χ3n) is 4.35. The van der Waals surface area contributed by atoms with Gasteiger partial charge in [0, 0.05) is 12.7 Å². The molecule has 0 aliphatic carbocycles. The van der Waals surface area contributed by atoms with Crippen molar-refractivity contribution in [1.82, 2.24) is 4.98 Å². The molecule has 10 heteroatoms. The number of fused-ring (bicyclic) bond motifs is 1. The van der Waals surface area contributed by atoms with Gasteiger partial charge in [-0.05, 0) is 35.7 Å². The summed E-state index contributed by atoms with van der Waals surface area (Å²) in [4.78, 5) is 16.4. The first-order chi connectivity index (χ1) is 12.5. The molecule has 2 heterocycles. The normalized spacial score (nSPS) is 17.6. The van der Waals surface area contributed by atoms with Crippen molar-refractivity contribution < 1.29 is 31.1 Å². The molecule has 1 atom stereocenters. The number of pyridine rings is 1. The molecule has 2 aromatic rings. The number of hydrogen-bond donors (Lipinski definition) is 0. The van der Waals surface area contributed by atoms with Gasteiger partial charge >= 0.3 is 12.4 Å². The van der Waals surface area contributed by atoms with Crippen LogP contribution < -0.4 is 4.90 Å². The Bertz CT molecular complexity index is 881. The first kappa shape index (κ1) is 19.5. The number of aromatic nitrogens is 1. The molecule has 0 bridgehead atoms. The molecule has 0 N–H and O–H groups in total. The van der Waals surface area contributed by atoms with E-state index in [1.165, 1.54) is 0 Å². The summed E-state index contributed by atoms with van der Waals surface area (Å²) in [6.07, 6.45) is -7.11. The number of anilines is 1. The highest BCUT2D eigenvalue weighted by Gasteiger charge is 2.40. The highest BCUT2D eigenvalue weighted by molar-refractivity contribution is 6.31. The zero-order chi connectivity index (χ0) is 20.0. The minimum atomic E-state index is -4.76. The maximum atomic E-state index is 13.3. The van der Waals surface area contributed by atoms with E-state index in [2.05, 4.69) is 4.98 Å². The van der Waals surface area contributed by atoms with Crippen LogP contribution in [-0.4, -0.2) is 17.8 Å². The van der Waals surface area contributed by atoms with E-state index >= 15 is 0 Å². The average Bonchev–Trinajstić information content (AvgIpc) is 2.58. The predicted octanol–water partition coefficient (Wildman–Crippen LogP) is 5.08. The van der Waals surface area contributed by atoms with E-state index in [-0.39, 0.29) is 24.2 Å². The summed E-state index contributed by atoms with van der Waals surface area (Å²) in [6.45, 7) is -0.00707. The third kappa shape index (κ3) is 3.60. The van der Waals surface area contributed by atoms with Gasteiger partial charge in [-0.25, -0.2) is 0 Å². The number of alkyl halides is 6. The van der Waals surface area contributed by atoms with E-state index in [1.54, 1.807) is 0 Å². The molecule has 1 aliphatic heterocycles. The SMILES string of the molecule is O=CC1c2cc(C(F)(F)F)c(Cl)cc2CCN1c1cnccc1C(F)(F)F. The van der Waals surface area contributed by atoms with Crippen molar-refractivity contribution in [2.24, 2.45) is 0 Å². The number of nitrogens with zero attached hydrogens (tertiary/aromatic N) is 2. The largest absolute Gasteiger partial charge is 0.418 e. The van der Waals surface area contributed by atoms with Crippen molar-refractivity contribution >= 4 is 23.6 Å². The van der Waals surface area contributed by atoms with Crippen molar-refractivity contribution in [2.75, 3.05) is 11.4 Å². The summed E-state index contributed by atoms with van der Waals surface area (Å²) in [5, 5.41) is -0.517. The van der Waals surface area contributed by atoms with Gasteiger partial charge in [0.1, 0.15) is 12.3 Å². The van der Waals surface area contributed by atoms with Crippen molar-refractivity contribution in [2.45, 2.75) is 24.8 Å². The standard InChI is InChI=1S/C17H11ClF6N2O/c18-13-5-9-2-4-26(14-7-25-3-1-11(14)16(19,20)21)15(8-27)10(9)6-12(13)17(22,23)24/h1,3,5-8,15H,2,4H2. The second kappa shape index (κ2) is 6.70. The number of rotatable bonds is 2. The minimum absolute atomic E-state index is 0.00707. The number of halogens is 7. The van der Waals surface area contributed by atoms with Crippen LogP contribution in [-0.2, 0) is 23.6 Å². The van der Waals surface area contributed by atoms with Crippen LogP contribution in [0.4, 0.5) is 32.0 Å². The van der Waals surface area contributed by atoms with Crippen LogP contribution in [0, 0.1) is 0 Å². The Morgan fingerprint density at radius 2 is 1.78 bits per heavy atom. The molecular formula is C17H11ClF6N2O. The average molecular weight is 409 g/mol. The summed E-state index contributed by atoms with van der Waals surface area (Å²) in [5.41, 5.74) is -2.16. The van der Waals surface area contributed by atoms with E-state index in [4.69, 9.17) is 11.6 Å². The molecule has 144 valence electrons. The van der Waals surface area contributed by atoms with E-state index in [0.717, 1.165) is 35.5 Å². The van der Waals surface area contributed by atoms with Gasteiger partial charge in [-0.15, -0.1) is 0 Å². The molecule has 1 aromatic heterocycles. The zero-order valence-corrected chi connectivity index (χ0v) is 14.2. The molecular weight excluding hydrogens is 398 g/mol. The van der Waals surface area contributed by atoms with Gasteiger partial charge in [0.25, 0.3) is 0 Å². The van der Waals surface area contributed by atoms with E-state index < -0.39 is 34.5 Å². The molecule has 0 fully saturated rings. The van der Waals surface area contributed by atoms with Gasteiger partial charge in [0.2, 0.25) is 0 Å². The number of carbonyl (C=O) groups is 1. The van der Waals surface area contributed by atoms with Crippen LogP contribution in [0.15, 0.2) is 30.6 Å². The number of hydrogen-bond acceptors (Lipinski definition) is 3. The molecule has 0 saturated carbocycles. The molecule has 3 nitrogen and oxygen atoms in total. The Morgan fingerprint density at radius 1 is 1.11 bits per heavy atom. The topological polar surface area (TPSA) is 33.2 Å². The maximum Gasteiger partial charge on any atom is 0.418 e. The lowest BCUT2D eigenvalue weighted by Crippen LogP contribution is -2.38. The second-order valence-electron chi connectivity index (χ2n) is 5.94. The van der Waals surface area contributed by atoms with Crippen LogP contribution in [0.3, 0.4) is 0 Å². The Kier molecular flexibility index (Phi) is 4.83. The molecule has 0 saturated heterocycles. The fourth-order valence-corrected chi connectivity index (χ4v) is 3.45. The Labute approximate surface area is 154 Å². The van der Waals surface area contributed by atoms with Crippen LogP contribution in [0.2, 0.25) is 5.02 Å². The Balaban J connectivity index is 2.14. The highest BCUT2D eigenvalue weighted by Crippen LogP contribution is 2.43. The van der Waals surface area contributed by atoms with Crippen molar-refractivity contribution in [3.8, 4) is 0 Å². The van der Waals surface area contributed by atoms with Gasteiger partial charge in [0.05, 0.1) is 28.0 Å². The number of aldehydes is 1. The first-order valence-corrected chi connectivity index (χ1v) is 8.04. The van der Waals surface area contributed by atoms with Crippen molar-refractivity contribution in [1.29, 1.82) is 0 Å². The minimum Gasteiger partial charge on any atom is -0.356 e. The fraction of sp³-hybridized carbons (Fsp3) is 0.294. The monoisotopic (exact) mass is 408 g/mol. The van der Waals surface area contributed by atoms with Crippen LogP contribution >= 0.6 is 11.6 Å². The number of benzene rings is 1. The molecule has 0 radical (unpaired) electrons. The van der Waals surface area contributed by atoms with Gasteiger partial charge in [-0.1, -0.05) is 11.6 Å². The van der Waals surface area contributed by atoms with Gasteiger partial charge in [-0.3, -0.25) is 4.98 Å². The molecule has 3 rings (SSSR count). The zero-order valence-electron chi connectivity index (χ0n) is 13.4. The van der Waals surface area contributed by atoms with E-state index in [1.807, 2.05) is 0 Å². The summed E-state index contributed by atoms with van der Waals surface area (Å²) < 4.78 is 79.3. The van der Waals surface area contributed by atoms with E-state index in [9.17, 15) is 31.1 Å². The second-order valence-corrected chi connectivity index (χ2v) is 6.35. The molecule has 1 aromatic carbocycles. The van der Waals surface area contributed by atoms with Crippen LogP contribution in [0.5, 0.6) is 0 Å². The van der Waals surface area contributed by atoms with Crippen LogP contribution in [0.25, 0.3) is 0 Å². The summed E-state index contributed by atoms with van der Waals surface area (Å²) in [7, 11) is 0. The molecule has 1 aliphatic rings. The van der Waals surface area contributed by atoms with Gasteiger partial charge in [0.15, 0.2) is 0 Å². The Morgan fingerprint density at radius 3 is 2.37 bits per heavy atom. The molecule has 0 spiro atoms. The van der Waals surface area contributed by atoms with Gasteiger partial charge in [-0.2, -0.15) is 26.3 Å². The molecule has 1 unspecified atom stereocenters. The van der Waals surface area contributed by atoms with Gasteiger partial charge < -0.3 is 9.69 Å². The Hall–Kier alpha value is -2.29. The van der Waals surface area contributed by atoms with E-state index in [0.29, 0.717) is 11.8 Å². The molecule has 0 amide bonds. The lowest BCUT2D eigenvalue weighted by molar-refractivity contribution is -0.138. The summed E-state index contributed by atoms with van der Waals surface area (Å²) >= 11 is 5.69. The van der Waals surface area contributed by atoms with Crippen LogP contribution in [0.1, 0.15) is 28.3 Å².